The van der Waals surface area contributed by atoms with Gasteiger partial charge in [0.15, 0.2) is 0 Å². The van der Waals surface area contributed by atoms with Gasteiger partial charge in [0.1, 0.15) is 18.7 Å². The van der Waals surface area contributed by atoms with Crippen LogP contribution in [-0.4, -0.2) is 65.2 Å². The van der Waals surface area contributed by atoms with Crippen molar-refractivity contribution >= 4 is 17.5 Å². The van der Waals surface area contributed by atoms with Gasteiger partial charge in [-0.15, -0.1) is 0 Å². The summed E-state index contributed by atoms with van der Waals surface area (Å²) in [6, 6.07) is 3.93. The van der Waals surface area contributed by atoms with E-state index in [-0.39, 0.29) is 18.7 Å². The van der Waals surface area contributed by atoms with Gasteiger partial charge in [-0.25, -0.2) is 13.8 Å². The van der Waals surface area contributed by atoms with Crippen molar-refractivity contribution in [3.63, 3.8) is 0 Å². The van der Waals surface area contributed by atoms with Gasteiger partial charge >= 0.3 is 0 Å². The molecule has 0 bridgehead atoms. The second-order valence-electron chi connectivity index (χ2n) is 8.00. The number of aromatic nitrogens is 3. The summed E-state index contributed by atoms with van der Waals surface area (Å²) < 4.78 is 26.2. The minimum absolute atomic E-state index is 0.152. The van der Waals surface area contributed by atoms with Crippen LogP contribution in [0.4, 0.5) is 26.2 Å². The first-order chi connectivity index (χ1) is 15.0. The molecule has 9 heteroatoms. The molecule has 1 atom stereocenters. The van der Waals surface area contributed by atoms with Gasteiger partial charge in [0, 0.05) is 32.4 Å². The lowest BCUT2D eigenvalue weighted by atomic mass is 9.93. The van der Waals surface area contributed by atoms with Crippen LogP contribution in [0.3, 0.4) is 0 Å². The SMILES string of the molecule is CC[C@H](F)CNc1ncc(-c2ccc(N(C)CCF)cn2)c(NC2CCC(O)CC2)n1. The molecule has 0 amide bonds. The Morgan fingerprint density at radius 2 is 1.97 bits per heavy atom. The van der Waals surface area contributed by atoms with Crippen molar-refractivity contribution in [2.24, 2.45) is 0 Å². The van der Waals surface area contributed by atoms with E-state index >= 15 is 0 Å². The van der Waals surface area contributed by atoms with Gasteiger partial charge in [-0.1, -0.05) is 6.92 Å². The fourth-order valence-electron chi connectivity index (χ4n) is 3.55. The number of nitrogens with one attached hydrogen (secondary N) is 2. The van der Waals surface area contributed by atoms with Gasteiger partial charge in [-0.05, 0) is 44.2 Å². The molecule has 0 saturated heterocycles. The van der Waals surface area contributed by atoms with E-state index < -0.39 is 12.8 Å². The number of hydrogen-bond donors (Lipinski definition) is 3. The molecule has 1 fully saturated rings. The van der Waals surface area contributed by atoms with E-state index in [2.05, 4.69) is 25.6 Å². The third kappa shape index (κ3) is 6.46. The number of alkyl halides is 2. The van der Waals surface area contributed by atoms with Crippen LogP contribution in [0.2, 0.25) is 0 Å². The highest BCUT2D eigenvalue weighted by Gasteiger charge is 2.21. The molecule has 0 aliphatic heterocycles. The average Bonchev–Trinajstić information content (AvgIpc) is 2.79. The lowest BCUT2D eigenvalue weighted by Gasteiger charge is -2.27. The summed E-state index contributed by atoms with van der Waals surface area (Å²) in [5, 5.41) is 16.2. The van der Waals surface area contributed by atoms with Crippen LogP contribution in [0.5, 0.6) is 0 Å². The third-order valence-corrected chi connectivity index (χ3v) is 5.64. The zero-order valence-electron chi connectivity index (χ0n) is 18.2. The molecule has 1 saturated carbocycles. The number of nitrogens with zero attached hydrogens (tertiary/aromatic N) is 4. The molecular formula is C22H32F2N6O. The molecule has 0 spiro atoms. The minimum atomic E-state index is -0.963. The number of pyridine rings is 1. The van der Waals surface area contributed by atoms with Gasteiger partial charge in [0.25, 0.3) is 0 Å². The predicted octanol–water partition coefficient (Wildman–Crippen LogP) is 3.82. The van der Waals surface area contributed by atoms with Crippen LogP contribution < -0.4 is 15.5 Å². The summed E-state index contributed by atoms with van der Waals surface area (Å²) in [6.45, 7) is 1.82. The Morgan fingerprint density at radius 3 is 2.61 bits per heavy atom. The topological polar surface area (TPSA) is 86.2 Å². The standard InChI is InChI=1S/C22H32F2N6O/c1-3-15(24)12-26-22-27-14-19(20-9-6-17(13-25-20)30(2)11-10-23)21(29-22)28-16-4-7-18(31)8-5-16/h6,9,13-16,18,31H,3-5,7-8,10-12H2,1-2H3,(H2,26,27,28,29)/t15-,16?,18?/m0/s1. The van der Waals surface area contributed by atoms with E-state index in [1.165, 1.54) is 0 Å². The normalized spacial score (nSPS) is 19.6. The van der Waals surface area contributed by atoms with Crippen molar-refractivity contribution in [1.82, 2.24) is 15.0 Å². The molecule has 0 unspecified atom stereocenters. The summed E-state index contributed by atoms with van der Waals surface area (Å²) in [4.78, 5) is 15.3. The summed E-state index contributed by atoms with van der Waals surface area (Å²) in [6.07, 6.45) is 5.78. The van der Waals surface area contributed by atoms with Gasteiger partial charge in [-0.2, -0.15) is 4.98 Å². The Kier molecular flexibility index (Phi) is 8.34. The van der Waals surface area contributed by atoms with Crippen LogP contribution in [-0.2, 0) is 0 Å². The molecule has 0 radical (unpaired) electrons. The Labute approximate surface area is 182 Å². The lowest BCUT2D eigenvalue weighted by molar-refractivity contribution is 0.126. The number of anilines is 3. The number of halogens is 2. The van der Waals surface area contributed by atoms with Crippen LogP contribution in [0.25, 0.3) is 11.3 Å². The van der Waals surface area contributed by atoms with Crippen LogP contribution >= 0.6 is 0 Å². The Bertz CT molecular complexity index is 814. The Balaban J connectivity index is 1.83. The van der Waals surface area contributed by atoms with Crippen LogP contribution in [0.15, 0.2) is 24.5 Å². The maximum absolute atomic E-state index is 13.6. The summed E-state index contributed by atoms with van der Waals surface area (Å²) in [5.74, 6) is 0.987. The van der Waals surface area contributed by atoms with E-state index in [9.17, 15) is 13.9 Å². The molecule has 2 aromatic heterocycles. The maximum atomic E-state index is 13.6. The average molecular weight is 435 g/mol. The molecular weight excluding hydrogens is 402 g/mol. The Hall–Kier alpha value is -2.55. The van der Waals surface area contributed by atoms with Crippen molar-refractivity contribution in [1.29, 1.82) is 0 Å². The highest BCUT2D eigenvalue weighted by molar-refractivity contribution is 5.73. The summed E-state index contributed by atoms with van der Waals surface area (Å²) >= 11 is 0. The first-order valence-electron chi connectivity index (χ1n) is 10.9. The number of aliphatic hydroxyl groups excluding tert-OH is 1. The highest BCUT2D eigenvalue weighted by Crippen LogP contribution is 2.29. The van der Waals surface area contributed by atoms with Crippen molar-refractivity contribution in [2.45, 2.75) is 57.3 Å². The van der Waals surface area contributed by atoms with Gasteiger partial charge < -0.3 is 20.6 Å². The second-order valence-corrected chi connectivity index (χ2v) is 8.00. The minimum Gasteiger partial charge on any atom is -0.393 e. The van der Waals surface area contributed by atoms with Crippen molar-refractivity contribution in [3.8, 4) is 11.3 Å². The molecule has 3 rings (SSSR count). The molecule has 2 aromatic rings. The summed E-state index contributed by atoms with van der Waals surface area (Å²) in [5.41, 5.74) is 2.26. The molecule has 3 N–H and O–H groups in total. The highest BCUT2D eigenvalue weighted by atomic mass is 19.1. The molecule has 31 heavy (non-hydrogen) atoms. The lowest BCUT2D eigenvalue weighted by Crippen LogP contribution is -2.29. The predicted molar refractivity (Wildman–Crippen MR) is 120 cm³/mol. The Morgan fingerprint density at radius 1 is 1.19 bits per heavy atom. The van der Waals surface area contributed by atoms with Gasteiger partial charge in [0.05, 0.1) is 29.2 Å². The van der Waals surface area contributed by atoms with Crippen molar-refractivity contribution in [2.75, 3.05) is 42.3 Å². The smallest absolute Gasteiger partial charge is 0.224 e. The quantitative estimate of drug-likeness (QED) is 0.524. The number of rotatable bonds is 10. The molecule has 170 valence electrons. The largest absolute Gasteiger partial charge is 0.393 e. The zero-order chi connectivity index (χ0) is 22.2. The molecule has 0 aromatic carbocycles. The van der Waals surface area contributed by atoms with Crippen molar-refractivity contribution in [3.05, 3.63) is 24.5 Å². The molecule has 1 aliphatic carbocycles. The van der Waals surface area contributed by atoms with Crippen molar-refractivity contribution < 1.29 is 13.9 Å². The second kappa shape index (κ2) is 11.2. The zero-order valence-corrected chi connectivity index (χ0v) is 18.2. The molecule has 7 nitrogen and oxygen atoms in total. The first-order valence-corrected chi connectivity index (χ1v) is 10.9. The number of hydrogen-bond acceptors (Lipinski definition) is 7. The maximum Gasteiger partial charge on any atom is 0.224 e. The van der Waals surface area contributed by atoms with Crippen LogP contribution in [0, 0.1) is 0 Å². The van der Waals surface area contributed by atoms with E-state index in [0.29, 0.717) is 30.4 Å². The fourth-order valence-corrected chi connectivity index (χ4v) is 3.55. The number of aliphatic hydroxyl groups is 1. The fraction of sp³-hybridized carbons (Fsp3) is 0.591. The first kappa shape index (κ1) is 23.1. The van der Waals surface area contributed by atoms with E-state index in [1.807, 2.05) is 19.2 Å². The summed E-state index contributed by atoms with van der Waals surface area (Å²) in [7, 11) is 1.82. The van der Waals surface area contributed by atoms with E-state index in [4.69, 9.17) is 0 Å². The van der Waals surface area contributed by atoms with E-state index in [1.54, 1.807) is 24.2 Å². The third-order valence-electron chi connectivity index (χ3n) is 5.64. The van der Waals surface area contributed by atoms with Gasteiger partial charge in [-0.3, -0.25) is 4.98 Å². The molecule has 1 aliphatic rings. The monoisotopic (exact) mass is 434 g/mol. The van der Waals surface area contributed by atoms with Gasteiger partial charge in [0.2, 0.25) is 5.95 Å². The molecule has 2 heterocycles. The van der Waals surface area contributed by atoms with E-state index in [0.717, 1.165) is 36.9 Å². The van der Waals surface area contributed by atoms with Crippen LogP contribution in [0.1, 0.15) is 39.0 Å².